The highest BCUT2D eigenvalue weighted by Gasteiger charge is 2.28. The summed E-state index contributed by atoms with van der Waals surface area (Å²) in [6.07, 6.45) is 0.621. The van der Waals surface area contributed by atoms with Crippen molar-refractivity contribution in [1.82, 2.24) is 14.1 Å². The van der Waals surface area contributed by atoms with Crippen LogP contribution in [0.25, 0.3) is 5.69 Å². The van der Waals surface area contributed by atoms with Crippen LogP contribution >= 0.6 is 11.6 Å². The summed E-state index contributed by atoms with van der Waals surface area (Å²) in [5.41, 5.74) is 2.44. The monoisotopic (exact) mass is 530 g/mol. The van der Waals surface area contributed by atoms with E-state index >= 15 is 0 Å². The van der Waals surface area contributed by atoms with E-state index in [-0.39, 0.29) is 29.3 Å². The zero-order chi connectivity index (χ0) is 26.7. The van der Waals surface area contributed by atoms with Gasteiger partial charge in [-0.15, -0.1) is 0 Å². The third-order valence-corrected chi connectivity index (χ3v) is 7.83. The van der Waals surface area contributed by atoms with Crippen molar-refractivity contribution < 1.29 is 13.2 Å². The minimum Gasteiger partial charge on any atom is -0.309 e. The third kappa shape index (κ3) is 6.96. The number of carbonyl (C=O) groups is 1. The van der Waals surface area contributed by atoms with Gasteiger partial charge in [0.25, 0.3) is 0 Å². The lowest BCUT2D eigenvalue weighted by Crippen LogP contribution is -2.39. The van der Waals surface area contributed by atoms with Gasteiger partial charge in [0.2, 0.25) is 15.9 Å². The van der Waals surface area contributed by atoms with Gasteiger partial charge in [-0.05, 0) is 61.2 Å². The van der Waals surface area contributed by atoms with Crippen molar-refractivity contribution in [2.24, 2.45) is 5.92 Å². The molecule has 0 saturated heterocycles. The second-order valence-corrected chi connectivity index (χ2v) is 12.8. The number of hydrogen-bond acceptors (Lipinski definition) is 4. The summed E-state index contributed by atoms with van der Waals surface area (Å²) in [7, 11) is -3.90. The molecule has 194 valence electrons. The molecule has 0 aliphatic heterocycles. The molecule has 0 saturated carbocycles. The summed E-state index contributed by atoms with van der Waals surface area (Å²) in [6, 6.07) is 15.6. The molecule has 0 aliphatic rings. The molecule has 3 rings (SSSR count). The Hall–Kier alpha value is -2.68. The van der Waals surface area contributed by atoms with Crippen LogP contribution in [0.4, 0.5) is 5.82 Å². The van der Waals surface area contributed by atoms with Gasteiger partial charge in [0.1, 0.15) is 5.82 Å². The molecule has 0 unspecified atom stereocenters. The minimum absolute atomic E-state index is 0.100. The van der Waals surface area contributed by atoms with Gasteiger partial charge in [0.15, 0.2) is 0 Å². The summed E-state index contributed by atoms with van der Waals surface area (Å²) in [5.74, 6) is 0.321. The number of sulfonamides is 1. The molecule has 1 N–H and O–H groups in total. The van der Waals surface area contributed by atoms with Crippen LogP contribution in [0.1, 0.15) is 52.3 Å². The van der Waals surface area contributed by atoms with E-state index in [2.05, 4.69) is 5.32 Å². The standard InChI is InChI=1S/C27H35ClN4O3S/c1-19(2)14-15-31(36(34,35)23-12-10-21(28)11-13-23)18-26(33)29-25-17-24(27(4,5)6)30-32(25)22-9-7-8-20(3)16-22/h7-13,16-17,19H,14-15,18H2,1-6H3,(H,29,33). The third-order valence-electron chi connectivity index (χ3n) is 5.72. The van der Waals surface area contributed by atoms with Crippen LogP contribution in [-0.4, -0.2) is 41.5 Å². The zero-order valence-corrected chi connectivity index (χ0v) is 23.3. The Balaban J connectivity index is 1.92. The van der Waals surface area contributed by atoms with Crippen molar-refractivity contribution in [1.29, 1.82) is 0 Å². The van der Waals surface area contributed by atoms with Crippen LogP contribution in [-0.2, 0) is 20.2 Å². The van der Waals surface area contributed by atoms with E-state index in [1.807, 2.05) is 71.9 Å². The first-order valence-corrected chi connectivity index (χ1v) is 13.8. The van der Waals surface area contributed by atoms with Crippen LogP contribution in [0.5, 0.6) is 0 Å². The number of aromatic nitrogens is 2. The number of nitrogens with zero attached hydrogens (tertiary/aromatic N) is 3. The first kappa shape index (κ1) is 27.9. The molecule has 7 nitrogen and oxygen atoms in total. The molecule has 0 fully saturated rings. The fourth-order valence-electron chi connectivity index (χ4n) is 3.58. The molecule has 9 heteroatoms. The predicted molar refractivity (Wildman–Crippen MR) is 145 cm³/mol. The van der Waals surface area contributed by atoms with Crippen LogP contribution in [0.15, 0.2) is 59.5 Å². The van der Waals surface area contributed by atoms with Crippen LogP contribution in [0.3, 0.4) is 0 Å². The van der Waals surface area contributed by atoms with Crippen molar-refractivity contribution in [3.8, 4) is 5.69 Å². The molecule has 36 heavy (non-hydrogen) atoms. The number of amides is 1. The molecule has 3 aromatic rings. The highest BCUT2D eigenvalue weighted by Crippen LogP contribution is 2.27. The Labute approximate surface area is 219 Å². The lowest BCUT2D eigenvalue weighted by molar-refractivity contribution is -0.116. The van der Waals surface area contributed by atoms with Gasteiger partial charge in [-0.25, -0.2) is 13.1 Å². The van der Waals surface area contributed by atoms with E-state index in [1.165, 1.54) is 28.6 Å². The van der Waals surface area contributed by atoms with Gasteiger partial charge in [0, 0.05) is 23.0 Å². The largest absolute Gasteiger partial charge is 0.309 e. The van der Waals surface area contributed by atoms with Crippen LogP contribution < -0.4 is 5.32 Å². The molecule has 1 heterocycles. The molecular formula is C27H35ClN4O3S. The average molecular weight is 531 g/mol. The van der Waals surface area contributed by atoms with Gasteiger partial charge < -0.3 is 5.32 Å². The molecule has 0 bridgehead atoms. The maximum atomic E-state index is 13.4. The summed E-state index contributed by atoms with van der Waals surface area (Å²) in [6.45, 7) is 12.1. The van der Waals surface area contributed by atoms with E-state index in [4.69, 9.17) is 16.7 Å². The first-order valence-electron chi connectivity index (χ1n) is 12.0. The lowest BCUT2D eigenvalue weighted by Gasteiger charge is -2.23. The molecule has 0 atom stereocenters. The Morgan fingerprint density at radius 1 is 1.11 bits per heavy atom. The normalized spacial score (nSPS) is 12.4. The Morgan fingerprint density at radius 3 is 2.36 bits per heavy atom. The van der Waals surface area contributed by atoms with Crippen molar-refractivity contribution >= 4 is 33.3 Å². The Morgan fingerprint density at radius 2 is 1.78 bits per heavy atom. The highest BCUT2D eigenvalue weighted by molar-refractivity contribution is 7.89. The minimum atomic E-state index is -3.90. The molecular weight excluding hydrogens is 496 g/mol. The molecule has 2 aromatic carbocycles. The molecule has 0 spiro atoms. The van der Waals surface area contributed by atoms with E-state index in [1.54, 1.807) is 4.68 Å². The van der Waals surface area contributed by atoms with Gasteiger partial charge in [-0.1, -0.05) is 58.4 Å². The van der Waals surface area contributed by atoms with E-state index < -0.39 is 15.9 Å². The molecule has 1 aromatic heterocycles. The van der Waals surface area contributed by atoms with E-state index in [9.17, 15) is 13.2 Å². The average Bonchev–Trinajstić information content (AvgIpc) is 3.21. The first-order chi connectivity index (χ1) is 16.8. The fourth-order valence-corrected chi connectivity index (χ4v) is 5.11. The highest BCUT2D eigenvalue weighted by atomic mass is 35.5. The van der Waals surface area contributed by atoms with Crippen LogP contribution in [0.2, 0.25) is 5.02 Å². The van der Waals surface area contributed by atoms with Crippen molar-refractivity contribution in [3.63, 3.8) is 0 Å². The SMILES string of the molecule is Cc1cccc(-n2nc(C(C)(C)C)cc2NC(=O)CN(CCC(C)C)S(=O)(=O)c2ccc(Cl)cc2)c1. The number of hydrogen-bond donors (Lipinski definition) is 1. The Bertz CT molecular complexity index is 1310. The number of carbonyl (C=O) groups excluding carboxylic acids is 1. The maximum absolute atomic E-state index is 13.4. The van der Waals surface area contributed by atoms with E-state index in [0.29, 0.717) is 17.3 Å². The number of halogens is 1. The smallest absolute Gasteiger partial charge is 0.243 e. The topological polar surface area (TPSA) is 84.3 Å². The van der Waals surface area contributed by atoms with Crippen LogP contribution in [0, 0.1) is 12.8 Å². The van der Waals surface area contributed by atoms with Crippen molar-refractivity contribution in [2.75, 3.05) is 18.4 Å². The summed E-state index contributed by atoms with van der Waals surface area (Å²) >= 11 is 5.95. The van der Waals surface area contributed by atoms with Crippen molar-refractivity contribution in [3.05, 3.63) is 70.9 Å². The van der Waals surface area contributed by atoms with Gasteiger partial charge >= 0.3 is 0 Å². The quantitative estimate of drug-likeness (QED) is 0.378. The fraction of sp³-hybridized carbons (Fsp3) is 0.407. The predicted octanol–water partition coefficient (Wildman–Crippen LogP) is 5.81. The molecule has 1 amide bonds. The zero-order valence-electron chi connectivity index (χ0n) is 21.7. The number of aryl methyl sites for hydroxylation is 1. The lowest BCUT2D eigenvalue weighted by atomic mass is 9.92. The van der Waals surface area contributed by atoms with E-state index in [0.717, 1.165) is 16.9 Å². The molecule has 0 aliphatic carbocycles. The number of anilines is 1. The number of rotatable bonds is 9. The number of benzene rings is 2. The number of nitrogens with one attached hydrogen (secondary N) is 1. The Kier molecular flexibility index (Phi) is 8.64. The summed E-state index contributed by atoms with van der Waals surface area (Å²) < 4.78 is 29.7. The maximum Gasteiger partial charge on any atom is 0.243 e. The van der Waals surface area contributed by atoms with Gasteiger partial charge in [-0.2, -0.15) is 9.40 Å². The van der Waals surface area contributed by atoms with Gasteiger partial charge in [-0.3, -0.25) is 4.79 Å². The second kappa shape index (κ2) is 11.2. The van der Waals surface area contributed by atoms with Gasteiger partial charge in [0.05, 0.1) is 22.8 Å². The van der Waals surface area contributed by atoms with Crippen molar-refractivity contribution in [2.45, 2.75) is 58.3 Å². The molecule has 0 radical (unpaired) electrons. The second-order valence-electron chi connectivity index (χ2n) is 10.4. The summed E-state index contributed by atoms with van der Waals surface area (Å²) in [4.78, 5) is 13.3. The summed E-state index contributed by atoms with van der Waals surface area (Å²) in [5, 5.41) is 8.10.